The third-order valence-electron chi connectivity index (χ3n) is 5.85. The molecule has 0 spiro atoms. The van der Waals surface area contributed by atoms with Crippen LogP contribution in [0.1, 0.15) is 66.4 Å². The molecule has 2 unspecified atom stereocenters. The molecule has 4 heteroatoms. The smallest absolute Gasteiger partial charge is 0.399 e. The van der Waals surface area contributed by atoms with E-state index in [2.05, 4.69) is 60.6 Å². The van der Waals surface area contributed by atoms with Crippen LogP contribution >= 0.6 is 11.6 Å². The quantitative estimate of drug-likeness (QED) is 0.724. The monoisotopic (exact) mass is 334 g/mol. The van der Waals surface area contributed by atoms with Gasteiger partial charge in [-0.2, -0.15) is 0 Å². The number of halogens is 1. The van der Waals surface area contributed by atoms with Gasteiger partial charge in [-0.15, -0.1) is 0 Å². The van der Waals surface area contributed by atoms with Crippen molar-refractivity contribution in [2.45, 2.75) is 72.0 Å². The van der Waals surface area contributed by atoms with E-state index < -0.39 is 0 Å². The molecule has 1 saturated carbocycles. The molecule has 0 aromatic heterocycles. The van der Waals surface area contributed by atoms with E-state index in [9.17, 15) is 0 Å². The molecule has 1 aliphatic carbocycles. The zero-order chi connectivity index (χ0) is 17.2. The van der Waals surface area contributed by atoms with Crippen molar-refractivity contribution in [1.82, 2.24) is 0 Å². The van der Waals surface area contributed by atoms with Gasteiger partial charge in [0, 0.05) is 5.02 Å². The molecular formula is C19H28BClO2. The lowest BCUT2D eigenvalue weighted by atomic mass is 9.78. The maximum atomic E-state index is 6.59. The van der Waals surface area contributed by atoms with E-state index in [1.54, 1.807) is 0 Å². The molecule has 0 N–H and O–H groups in total. The molecule has 3 rings (SSSR count). The summed E-state index contributed by atoms with van der Waals surface area (Å²) in [6, 6.07) is 6.30. The summed E-state index contributed by atoms with van der Waals surface area (Å²) in [6.07, 6.45) is 1.24. The van der Waals surface area contributed by atoms with Gasteiger partial charge in [-0.25, -0.2) is 0 Å². The first kappa shape index (κ1) is 17.3. The molecule has 2 nitrogen and oxygen atoms in total. The molecule has 2 aliphatic rings. The fraction of sp³-hybridized carbons (Fsp3) is 0.684. The standard InChI is InChI=1S/C19H28BClO2/c1-17(2,3)15-11-14(15)13-9-8-12(10-16(13)21)20-22-18(4,5)19(6,7)23-20/h8-10,14-15H,11H2,1-7H3. The molecule has 2 fully saturated rings. The van der Waals surface area contributed by atoms with Crippen LogP contribution in [0, 0.1) is 11.3 Å². The SMILES string of the molecule is CC(C)(C)C1CC1c1ccc(B2OC(C)(C)C(C)(C)O2)cc1Cl. The van der Waals surface area contributed by atoms with Gasteiger partial charge in [0.1, 0.15) is 0 Å². The van der Waals surface area contributed by atoms with Gasteiger partial charge in [0.2, 0.25) is 0 Å². The van der Waals surface area contributed by atoms with Crippen molar-refractivity contribution >= 4 is 24.2 Å². The van der Waals surface area contributed by atoms with Gasteiger partial charge in [-0.1, -0.05) is 44.5 Å². The van der Waals surface area contributed by atoms with Crippen LogP contribution in [-0.4, -0.2) is 18.3 Å². The summed E-state index contributed by atoms with van der Waals surface area (Å²) >= 11 is 6.59. The van der Waals surface area contributed by atoms with Crippen molar-refractivity contribution in [2.75, 3.05) is 0 Å². The Bertz CT molecular complexity index is 602. The van der Waals surface area contributed by atoms with E-state index in [0.29, 0.717) is 11.3 Å². The van der Waals surface area contributed by atoms with Crippen LogP contribution in [0.15, 0.2) is 18.2 Å². The Hall–Kier alpha value is -0.505. The average molecular weight is 335 g/mol. The summed E-state index contributed by atoms with van der Waals surface area (Å²) in [5, 5.41) is 0.842. The highest BCUT2D eigenvalue weighted by molar-refractivity contribution is 6.62. The average Bonchev–Trinajstić information content (AvgIpc) is 3.13. The molecular weight excluding hydrogens is 306 g/mol. The Morgan fingerprint density at radius 3 is 2.09 bits per heavy atom. The van der Waals surface area contributed by atoms with Gasteiger partial charge >= 0.3 is 7.12 Å². The lowest BCUT2D eigenvalue weighted by Crippen LogP contribution is -2.41. The second-order valence-electron chi connectivity index (χ2n) is 9.18. The van der Waals surface area contributed by atoms with Crippen molar-refractivity contribution in [1.29, 1.82) is 0 Å². The fourth-order valence-corrected chi connectivity index (χ4v) is 3.79. The first-order chi connectivity index (χ1) is 10.4. The van der Waals surface area contributed by atoms with Crippen molar-refractivity contribution in [2.24, 2.45) is 11.3 Å². The molecule has 1 aromatic rings. The van der Waals surface area contributed by atoms with E-state index >= 15 is 0 Å². The molecule has 2 atom stereocenters. The lowest BCUT2D eigenvalue weighted by Gasteiger charge is -2.32. The Balaban J connectivity index is 1.79. The zero-order valence-corrected chi connectivity index (χ0v) is 16.1. The predicted octanol–water partition coefficient (Wildman–Crippen LogP) is 4.79. The third kappa shape index (κ3) is 3.08. The molecule has 0 amide bonds. The Morgan fingerprint density at radius 2 is 1.65 bits per heavy atom. The van der Waals surface area contributed by atoms with Gasteiger partial charge < -0.3 is 9.31 Å². The minimum Gasteiger partial charge on any atom is -0.399 e. The van der Waals surface area contributed by atoms with Crippen LogP contribution < -0.4 is 5.46 Å². The number of benzene rings is 1. The molecule has 1 aromatic carbocycles. The molecule has 1 aliphatic heterocycles. The summed E-state index contributed by atoms with van der Waals surface area (Å²) < 4.78 is 12.2. The molecule has 23 heavy (non-hydrogen) atoms. The Kier molecular flexibility index (Phi) is 3.95. The summed E-state index contributed by atoms with van der Waals surface area (Å²) in [4.78, 5) is 0. The van der Waals surface area contributed by atoms with E-state index in [-0.39, 0.29) is 18.3 Å². The van der Waals surface area contributed by atoms with Gasteiger partial charge in [-0.3, -0.25) is 0 Å². The highest BCUT2D eigenvalue weighted by atomic mass is 35.5. The van der Waals surface area contributed by atoms with Crippen LogP contribution in [0.4, 0.5) is 0 Å². The second kappa shape index (κ2) is 5.24. The number of rotatable bonds is 2. The summed E-state index contributed by atoms with van der Waals surface area (Å²) in [7, 11) is -0.343. The van der Waals surface area contributed by atoms with Gasteiger partial charge in [0.15, 0.2) is 0 Å². The second-order valence-corrected chi connectivity index (χ2v) is 9.59. The van der Waals surface area contributed by atoms with Gasteiger partial charge in [0.25, 0.3) is 0 Å². The predicted molar refractivity (Wildman–Crippen MR) is 97.5 cm³/mol. The van der Waals surface area contributed by atoms with Crippen LogP contribution in [0.3, 0.4) is 0 Å². The highest BCUT2D eigenvalue weighted by Gasteiger charge is 2.52. The minimum atomic E-state index is -0.343. The van der Waals surface area contributed by atoms with Gasteiger partial charge in [-0.05, 0) is 68.5 Å². The largest absolute Gasteiger partial charge is 0.494 e. The van der Waals surface area contributed by atoms with Crippen LogP contribution in [0.2, 0.25) is 5.02 Å². The van der Waals surface area contributed by atoms with Crippen molar-refractivity contribution < 1.29 is 9.31 Å². The maximum absolute atomic E-state index is 6.59. The van der Waals surface area contributed by atoms with Gasteiger partial charge in [0.05, 0.1) is 11.2 Å². The topological polar surface area (TPSA) is 18.5 Å². The molecule has 0 bridgehead atoms. The fourth-order valence-electron chi connectivity index (χ4n) is 3.47. The van der Waals surface area contributed by atoms with Crippen LogP contribution in [-0.2, 0) is 9.31 Å². The van der Waals surface area contributed by atoms with E-state index in [0.717, 1.165) is 16.4 Å². The van der Waals surface area contributed by atoms with Crippen molar-refractivity contribution in [3.8, 4) is 0 Å². The first-order valence-electron chi connectivity index (χ1n) is 8.57. The molecule has 0 radical (unpaired) electrons. The van der Waals surface area contributed by atoms with Crippen molar-refractivity contribution in [3.63, 3.8) is 0 Å². The minimum absolute atomic E-state index is 0.323. The lowest BCUT2D eigenvalue weighted by molar-refractivity contribution is 0.00578. The Morgan fingerprint density at radius 1 is 1.09 bits per heavy atom. The Labute approximate surface area is 146 Å². The number of hydrogen-bond acceptors (Lipinski definition) is 2. The molecule has 1 heterocycles. The van der Waals surface area contributed by atoms with Crippen LogP contribution in [0.25, 0.3) is 0 Å². The maximum Gasteiger partial charge on any atom is 0.494 e. The molecule has 1 saturated heterocycles. The van der Waals surface area contributed by atoms with Crippen molar-refractivity contribution in [3.05, 3.63) is 28.8 Å². The third-order valence-corrected chi connectivity index (χ3v) is 6.18. The normalized spacial score (nSPS) is 29.0. The highest BCUT2D eigenvalue weighted by Crippen LogP contribution is 2.57. The summed E-state index contributed by atoms with van der Waals surface area (Å²) in [5.41, 5.74) is 1.98. The van der Waals surface area contributed by atoms with Crippen LogP contribution in [0.5, 0.6) is 0 Å². The summed E-state index contributed by atoms with van der Waals surface area (Å²) in [6.45, 7) is 15.2. The summed E-state index contributed by atoms with van der Waals surface area (Å²) in [5.74, 6) is 1.32. The molecule has 126 valence electrons. The van der Waals surface area contributed by atoms with E-state index in [1.807, 2.05) is 6.07 Å². The number of hydrogen-bond donors (Lipinski definition) is 0. The van der Waals surface area contributed by atoms with E-state index in [4.69, 9.17) is 20.9 Å². The first-order valence-corrected chi connectivity index (χ1v) is 8.95. The van der Waals surface area contributed by atoms with E-state index in [1.165, 1.54) is 12.0 Å². The zero-order valence-electron chi connectivity index (χ0n) is 15.4.